The van der Waals surface area contributed by atoms with E-state index in [-0.39, 0.29) is 23.4 Å². The number of rotatable bonds is 5. The molecule has 1 aromatic heterocycles. The molecule has 0 aromatic carbocycles. The summed E-state index contributed by atoms with van der Waals surface area (Å²) in [6, 6.07) is 0. The molecule has 0 saturated carbocycles. The second-order valence-electron chi connectivity index (χ2n) is 3.89. The van der Waals surface area contributed by atoms with Crippen molar-refractivity contribution in [1.29, 1.82) is 0 Å². The predicted octanol–water partition coefficient (Wildman–Crippen LogP) is -0.590. The maximum absolute atomic E-state index is 11.3. The first-order valence-corrected chi connectivity index (χ1v) is 5.44. The number of nitrogens with zero attached hydrogens (tertiary/aromatic N) is 3. The number of hydrogen-bond acceptors (Lipinski definition) is 4. The van der Waals surface area contributed by atoms with Crippen LogP contribution in [0.15, 0.2) is 6.20 Å². The van der Waals surface area contributed by atoms with Crippen molar-refractivity contribution in [3.8, 4) is 0 Å². The van der Waals surface area contributed by atoms with Crippen LogP contribution in [0.3, 0.4) is 0 Å². The van der Waals surface area contributed by atoms with Crippen LogP contribution in [0.25, 0.3) is 0 Å². The Morgan fingerprint density at radius 3 is 2.76 bits per heavy atom. The zero-order chi connectivity index (χ0) is 12.8. The predicted molar refractivity (Wildman–Crippen MR) is 61.3 cm³/mol. The average molecular weight is 239 g/mol. The highest BCUT2D eigenvalue weighted by Gasteiger charge is 2.09. The van der Waals surface area contributed by atoms with Crippen LogP contribution in [0.2, 0.25) is 0 Å². The zero-order valence-corrected chi connectivity index (χ0v) is 10.2. The summed E-state index contributed by atoms with van der Waals surface area (Å²) in [7, 11) is 1.53. The topological polar surface area (TPSA) is 88.9 Å². The third-order valence-corrected chi connectivity index (χ3v) is 2.16. The molecule has 1 aromatic rings. The van der Waals surface area contributed by atoms with Crippen LogP contribution in [0, 0.1) is 5.92 Å². The van der Waals surface area contributed by atoms with Crippen molar-refractivity contribution in [3.05, 3.63) is 11.9 Å². The highest BCUT2D eigenvalue weighted by Crippen LogP contribution is 1.93. The van der Waals surface area contributed by atoms with Gasteiger partial charge in [-0.05, 0) is 0 Å². The van der Waals surface area contributed by atoms with E-state index in [1.165, 1.54) is 11.7 Å². The first-order valence-electron chi connectivity index (χ1n) is 5.44. The van der Waals surface area contributed by atoms with Gasteiger partial charge in [0, 0.05) is 19.5 Å². The first-order chi connectivity index (χ1) is 8.04. The Labute approximate surface area is 99.6 Å². The molecule has 0 spiro atoms. The van der Waals surface area contributed by atoms with E-state index >= 15 is 0 Å². The quantitative estimate of drug-likeness (QED) is 0.718. The smallest absolute Gasteiger partial charge is 0.273 e. The molecule has 0 aliphatic heterocycles. The SMILES string of the molecule is CNC(=O)c1cn(CCNC(=O)C(C)C)nn1. The molecule has 0 bridgehead atoms. The van der Waals surface area contributed by atoms with E-state index in [1.54, 1.807) is 6.20 Å². The number of nitrogens with one attached hydrogen (secondary N) is 2. The molecule has 0 fully saturated rings. The number of carbonyl (C=O) groups is 2. The lowest BCUT2D eigenvalue weighted by molar-refractivity contribution is -0.124. The first kappa shape index (κ1) is 13.1. The van der Waals surface area contributed by atoms with Crippen molar-refractivity contribution < 1.29 is 9.59 Å². The molecule has 0 aliphatic rings. The van der Waals surface area contributed by atoms with E-state index in [0.717, 1.165) is 0 Å². The van der Waals surface area contributed by atoms with Gasteiger partial charge < -0.3 is 10.6 Å². The maximum atomic E-state index is 11.3. The summed E-state index contributed by atoms with van der Waals surface area (Å²) < 4.78 is 1.52. The minimum Gasteiger partial charge on any atom is -0.354 e. The van der Waals surface area contributed by atoms with Crippen molar-refractivity contribution in [2.45, 2.75) is 20.4 Å². The minimum atomic E-state index is -0.275. The molecule has 0 saturated heterocycles. The Morgan fingerprint density at radius 1 is 1.47 bits per heavy atom. The van der Waals surface area contributed by atoms with Crippen LogP contribution in [-0.2, 0) is 11.3 Å². The number of carbonyl (C=O) groups excluding carboxylic acids is 2. The van der Waals surface area contributed by atoms with E-state index in [0.29, 0.717) is 13.1 Å². The van der Waals surface area contributed by atoms with Gasteiger partial charge in [-0.1, -0.05) is 19.1 Å². The third kappa shape index (κ3) is 3.86. The molecule has 2 N–H and O–H groups in total. The van der Waals surface area contributed by atoms with Gasteiger partial charge in [0.25, 0.3) is 5.91 Å². The van der Waals surface area contributed by atoms with Crippen LogP contribution >= 0.6 is 0 Å². The fourth-order valence-electron chi connectivity index (χ4n) is 1.14. The standard InChI is InChI=1S/C10H17N5O2/c1-7(2)9(16)12-4-5-15-6-8(13-14-15)10(17)11-3/h6-7H,4-5H2,1-3H3,(H,11,17)(H,12,16). The van der Waals surface area contributed by atoms with Crippen molar-refractivity contribution in [2.75, 3.05) is 13.6 Å². The molecule has 7 heteroatoms. The van der Waals surface area contributed by atoms with Crippen LogP contribution < -0.4 is 10.6 Å². The molecule has 1 heterocycles. The molecular weight excluding hydrogens is 222 g/mol. The van der Waals surface area contributed by atoms with E-state index in [1.807, 2.05) is 13.8 Å². The van der Waals surface area contributed by atoms with E-state index in [4.69, 9.17) is 0 Å². The summed E-state index contributed by atoms with van der Waals surface area (Å²) in [6.45, 7) is 4.61. The number of amides is 2. The van der Waals surface area contributed by atoms with Crippen molar-refractivity contribution in [2.24, 2.45) is 5.92 Å². The summed E-state index contributed by atoms with van der Waals surface area (Å²) in [5, 5.41) is 12.7. The molecule has 2 amide bonds. The fraction of sp³-hybridized carbons (Fsp3) is 0.600. The molecule has 0 aliphatic carbocycles. The van der Waals surface area contributed by atoms with Crippen LogP contribution in [0.1, 0.15) is 24.3 Å². The number of hydrogen-bond donors (Lipinski definition) is 2. The molecule has 0 atom stereocenters. The van der Waals surface area contributed by atoms with Gasteiger partial charge >= 0.3 is 0 Å². The summed E-state index contributed by atoms with van der Waals surface area (Å²) >= 11 is 0. The lowest BCUT2D eigenvalue weighted by Gasteiger charge is -2.06. The van der Waals surface area contributed by atoms with Crippen LogP contribution in [0.4, 0.5) is 0 Å². The molecule has 7 nitrogen and oxygen atoms in total. The Bertz CT molecular complexity index is 399. The van der Waals surface area contributed by atoms with E-state index in [2.05, 4.69) is 20.9 Å². The second-order valence-corrected chi connectivity index (χ2v) is 3.89. The summed E-state index contributed by atoms with van der Waals surface area (Å²) in [4.78, 5) is 22.5. The molecule has 1 rings (SSSR count). The van der Waals surface area contributed by atoms with Crippen molar-refractivity contribution in [3.63, 3.8) is 0 Å². The zero-order valence-electron chi connectivity index (χ0n) is 10.2. The number of aromatic nitrogens is 3. The Balaban J connectivity index is 2.40. The largest absolute Gasteiger partial charge is 0.354 e. The van der Waals surface area contributed by atoms with Crippen LogP contribution in [-0.4, -0.2) is 40.4 Å². The Hall–Kier alpha value is -1.92. The highest BCUT2D eigenvalue weighted by molar-refractivity contribution is 5.91. The normalized spacial score (nSPS) is 10.4. The van der Waals surface area contributed by atoms with E-state index in [9.17, 15) is 9.59 Å². The van der Waals surface area contributed by atoms with E-state index < -0.39 is 0 Å². The van der Waals surface area contributed by atoms with Gasteiger partial charge in [0.2, 0.25) is 5.91 Å². The van der Waals surface area contributed by atoms with Gasteiger partial charge in [0.15, 0.2) is 5.69 Å². The van der Waals surface area contributed by atoms with Gasteiger partial charge in [-0.2, -0.15) is 0 Å². The van der Waals surface area contributed by atoms with Gasteiger partial charge in [-0.25, -0.2) is 4.68 Å². The summed E-state index contributed by atoms with van der Waals surface area (Å²) in [5.74, 6) is -0.314. The van der Waals surface area contributed by atoms with Crippen molar-refractivity contribution in [1.82, 2.24) is 25.6 Å². The van der Waals surface area contributed by atoms with Crippen molar-refractivity contribution >= 4 is 11.8 Å². The van der Waals surface area contributed by atoms with Gasteiger partial charge in [-0.15, -0.1) is 5.10 Å². The Morgan fingerprint density at radius 2 is 2.18 bits per heavy atom. The fourth-order valence-corrected chi connectivity index (χ4v) is 1.14. The van der Waals surface area contributed by atoms with Gasteiger partial charge in [-0.3, -0.25) is 9.59 Å². The Kier molecular flexibility index (Phi) is 4.62. The highest BCUT2D eigenvalue weighted by atomic mass is 16.2. The molecule has 94 valence electrons. The summed E-state index contributed by atoms with van der Waals surface area (Å²) in [5.41, 5.74) is 0.266. The van der Waals surface area contributed by atoms with Gasteiger partial charge in [0.05, 0.1) is 12.7 Å². The minimum absolute atomic E-state index is 0.00311. The lowest BCUT2D eigenvalue weighted by atomic mass is 10.2. The second kappa shape index (κ2) is 5.97. The molecular formula is C10H17N5O2. The monoisotopic (exact) mass is 239 g/mol. The molecule has 0 radical (unpaired) electrons. The lowest BCUT2D eigenvalue weighted by Crippen LogP contribution is -2.30. The average Bonchev–Trinajstić information content (AvgIpc) is 2.76. The molecule has 17 heavy (non-hydrogen) atoms. The molecule has 0 unspecified atom stereocenters. The third-order valence-electron chi connectivity index (χ3n) is 2.16. The van der Waals surface area contributed by atoms with Gasteiger partial charge in [0.1, 0.15) is 0 Å². The maximum Gasteiger partial charge on any atom is 0.273 e. The van der Waals surface area contributed by atoms with Crippen LogP contribution in [0.5, 0.6) is 0 Å². The summed E-state index contributed by atoms with van der Waals surface area (Å²) in [6.07, 6.45) is 1.54.